The Kier molecular flexibility index (Phi) is 3.04. The van der Waals surface area contributed by atoms with E-state index in [1.807, 2.05) is 6.07 Å². The van der Waals surface area contributed by atoms with Crippen LogP contribution in [0.3, 0.4) is 0 Å². The first-order valence-electron chi connectivity index (χ1n) is 6.44. The summed E-state index contributed by atoms with van der Waals surface area (Å²) in [5.74, 6) is -0.238. The molecule has 0 atom stereocenters. The van der Waals surface area contributed by atoms with Crippen molar-refractivity contribution < 1.29 is 4.39 Å². The lowest BCUT2D eigenvalue weighted by Gasteiger charge is -2.30. The Morgan fingerprint density at radius 1 is 1.26 bits per heavy atom. The molecule has 0 saturated carbocycles. The van der Waals surface area contributed by atoms with Crippen molar-refractivity contribution in [2.24, 2.45) is 0 Å². The lowest BCUT2D eigenvalue weighted by Crippen LogP contribution is -2.34. The van der Waals surface area contributed by atoms with Crippen LogP contribution in [0.25, 0.3) is 15.7 Å². The molecule has 19 heavy (non-hydrogen) atoms. The number of hydrogen-bond donors (Lipinski definition) is 0. The van der Waals surface area contributed by atoms with Crippen molar-refractivity contribution in [3.63, 3.8) is 0 Å². The van der Waals surface area contributed by atoms with E-state index in [1.165, 1.54) is 6.07 Å². The number of aromatic nitrogens is 1. The number of halogens is 1. The molecule has 0 bridgehead atoms. The highest BCUT2D eigenvalue weighted by molar-refractivity contribution is 5.91. The van der Waals surface area contributed by atoms with Crippen LogP contribution in [0.15, 0.2) is 30.5 Å². The molecule has 0 amide bonds. The first-order valence-corrected chi connectivity index (χ1v) is 6.44. The number of fused-ring (bicyclic) bond motifs is 1. The molecule has 1 aliphatic rings. The normalized spacial score (nSPS) is 16.5. The molecule has 4 heteroatoms. The summed E-state index contributed by atoms with van der Waals surface area (Å²) in [6, 6.07) is 6.75. The summed E-state index contributed by atoms with van der Waals surface area (Å²) < 4.78 is 13.4. The van der Waals surface area contributed by atoms with Gasteiger partial charge in [0.25, 0.3) is 0 Å². The van der Waals surface area contributed by atoms with Gasteiger partial charge in [-0.2, -0.15) is 0 Å². The van der Waals surface area contributed by atoms with Gasteiger partial charge in [0.2, 0.25) is 6.04 Å². The molecule has 2 heterocycles. The second-order valence-corrected chi connectivity index (χ2v) is 4.84. The van der Waals surface area contributed by atoms with Crippen molar-refractivity contribution in [1.82, 2.24) is 4.98 Å². The lowest BCUT2D eigenvalue weighted by molar-refractivity contribution is 0.549. The number of benzene rings is 1. The molecule has 0 N–H and O–H groups in total. The molecular formula is C15H14FN3. The highest BCUT2D eigenvalue weighted by atomic mass is 19.1. The van der Waals surface area contributed by atoms with Gasteiger partial charge in [0.05, 0.1) is 5.52 Å². The fourth-order valence-electron chi connectivity index (χ4n) is 2.62. The monoisotopic (exact) mass is 255 g/mol. The Balaban J connectivity index is 1.97. The van der Waals surface area contributed by atoms with E-state index < -0.39 is 0 Å². The molecule has 0 radical (unpaired) electrons. The molecule has 0 unspecified atom stereocenters. The minimum atomic E-state index is -0.238. The van der Waals surface area contributed by atoms with Crippen molar-refractivity contribution >= 4 is 16.6 Å². The fraction of sp³-hybridized carbons (Fsp3) is 0.333. The standard InChI is InChI=1S/C15H14FN3/c1-17-12-5-8-19(9-6-12)15-4-7-18-14-3-2-11(16)10-13(14)15/h2-4,7,10,12H,5-6,8-9H2. The number of piperidine rings is 1. The molecule has 96 valence electrons. The quantitative estimate of drug-likeness (QED) is 0.729. The van der Waals surface area contributed by atoms with E-state index in [1.54, 1.807) is 18.3 Å². The maximum absolute atomic E-state index is 13.4. The van der Waals surface area contributed by atoms with Gasteiger partial charge in [0.15, 0.2) is 0 Å². The third-order valence-corrected chi connectivity index (χ3v) is 3.67. The maximum atomic E-state index is 13.4. The molecule has 1 aromatic carbocycles. The molecule has 2 aromatic rings. The van der Waals surface area contributed by atoms with Crippen molar-refractivity contribution in [1.29, 1.82) is 0 Å². The Morgan fingerprint density at radius 2 is 2.05 bits per heavy atom. The van der Waals surface area contributed by atoms with E-state index in [0.717, 1.165) is 42.5 Å². The van der Waals surface area contributed by atoms with Crippen LogP contribution in [0, 0.1) is 12.4 Å². The van der Waals surface area contributed by atoms with Gasteiger partial charge in [-0.3, -0.25) is 4.98 Å². The zero-order valence-electron chi connectivity index (χ0n) is 10.5. The van der Waals surface area contributed by atoms with Crippen LogP contribution in [0.4, 0.5) is 10.1 Å². The van der Waals surface area contributed by atoms with Crippen LogP contribution in [-0.4, -0.2) is 24.1 Å². The topological polar surface area (TPSA) is 20.5 Å². The summed E-state index contributed by atoms with van der Waals surface area (Å²) in [5.41, 5.74) is 1.83. The zero-order valence-corrected chi connectivity index (χ0v) is 10.5. The minimum Gasteiger partial charge on any atom is -0.370 e. The Bertz CT molecular complexity index is 639. The Labute approximate surface area is 111 Å². The Hall–Kier alpha value is -2.15. The Morgan fingerprint density at radius 3 is 2.79 bits per heavy atom. The van der Waals surface area contributed by atoms with Crippen LogP contribution in [0.1, 0.15) is 12.8 Å². The van der Waals surface area contributed by atoms with E-state index in [9.17, 15) is 4.39 Å². The SMILES string of the molecule is [C-]#[N+]C1CCN(c2ccnc3ccc(F)cc23)CC1. The number of pyridine rings is 1. The average molecular weight is 255 g/mol. The minimum absolute atomic E-state index is 0.140. The first kappa shape index (κ1) is 11.9. The number of rotatable bonds is 1. The highest BCUT2D eigenvalue weighted by Crippen LogP contribution is 2.28. The maximum Gasteiger partial charge on any atom is 0.227 e. The molecule has 3 rings (SSSR count). The van der Waals surface area contributed by atoms with Gasteiger partial charge in [0, 0.05) is 43.2 Å². The van der Waals surface area contributed by atoms with Gasteiger partial charge in [-0.25, -0.2) is 11.0 Å². The zero-order chi connectivity index (χ0) is 13.2. The van der Waals surface area contributed by atoms with Gasteiger partial charge in [-0.1, -0.05) is 0 Å². The molecule has 3 nitrogen and oxygen atoms in total. The summed E-state index contributed by atoms with van der Waals surface area (Å²) in [4.78, 5) is 10.1. The number of hydrogen-bond acceptors (Lipinski definition) is 2. The van der Waals surface area contributed by atoms with Crippen molar-refractivity contribution in [2.75, 3.05) is 18.0 Å². The molecule has 0 spiro atoms. The van der Waals surface area contributed by atoms with Crippen LogP contribution >= 0.6 is 0 Å². The predicted molar refractivity (Wildman–Crippen MR) is 73.5 cm³/mol. The van der Waals surface area contributed by atoms with E-state index in [2.05, 4.69) is 14.7 Å². The van der Waals surface area contributed by atoms with E-state index in [0.29, 0.717) is 0 Å². The second kappa shape index (κ2) is 4.85. The van der Waals surface area contributed by atoms with Gasteiger partial charge < -0.3 is 9.74 Å². The third-order valence-electron chi connectivity index (χ3n) is 3.67. The van der Waals surface area contributed by atoms with Crippen molar-refractivity contribution in [3.05, 3.63) is 47.7 Å². The van der Waals surface area contributed by atoms with Crippen LogP contribution < -0.4 is 4.90 Å². The fourth-order valence-corrected chi connectivity index (χ4v) is 2.62. The first-order chi connectivity index (χ1) is 9.28. The van der Waals surface area contributed by atoms with Gasteiger partial charge >= 0.3 is 0 Å². The summed E-state index contributed by atoms with van der Waals surface area (Å²) in [7, 11) is 0. The van der Waals surface area contributed by atoms with Crippen LogP contribution in [-0.2, 0) is 0 Å². The molecule has 1 saturated heterocycles. The summed E-state index contributed by atoms with van der Waals surface area (Å²) in [6.45, 7) is 8.77. The van der Waals surface area contributed by atoms with Crippen LogP contribution in [0.2, 0.25) is 0 Å². The summed E-state index contributed by atoms with van der Waals surface area (Å²) >= 11 is 0. The number of anilines is 1. The smallest absolute Gasteiger partial charge is 0.227 e. The second-order valence-electron chi connectivity index (χ2n) is 4.84. The summed E-state index contributed by atoms with van der Waals surface area (Å²) in [5, 5.41) is 0.851. The third kappa shape index (κ3) is 2.24. The predicted octanol–water partition coefficient (Wildman–Crippen LogP) is 3.26. The molecular weight excluding hydrogens is 241 g/mol. The number of nitrogens with zero attached hydrogens (tertiary/aromatic N) is 3. The van der Waals surface area contributed by atoms with E-state index in [-0.39, 0.29) is 11.9 Å². The average Bonchev–Trinajstić information content (AvgIpc) is 2.47. The van der Waals surface area contributed by atoms with Gasteiger partial charge in [-0.15, -0.1) is 0 Å². The van der Waals surface area contributed by atoms with Gasteiger partial charge in [0.1, 0.15) is 5.82 Å². The lowest BCUT2D eigenvalue weighted by atomic mass is 10.0. The van der Waals surface area contributed by atoms with Gasteiger partial charge in [-0.05, 0) is 24.3 Å². The molecule has 0 aliphatic carbocycles. The largest absolute Gasteiger partial charge is 0.370 e. The molecule has 1 fully saturated rings. The van der Waals surface area contributed by atoms with Crippen molar-refractivity contribution in [2.45, 2.75) is 18.9 Å². The van der Waals surface area contributed by atoms with E-state index in [4.69, 9.17) is 6.57 Å². The molecule has 1 aliphatic heterocycles. The van der Waals surface area contributed by atoms with E-state index >= 15 is 0 Å². The summed E-state index contributed by atoms with van der Waals surface area (Å²) in [6.07, 6.45) is 3.52. The van der Waals surface area contributed by atoms with Crippen molar-refractivity contribution in [3.8, 4) is 0 Å². The molecule has 1 aromatic heterocycles. The van der Waals surface area contributed by atoms with Crippen LogP contribution in [0.5, 0.6) is 0 Å². The highest BCUT2D eigenvalue weighted by Gasteiger charge is 2.23.